The van der Waals surface area contributed by atoms with E-state index >= 15 is 4.39 Å². The van der Waals surface area contributed by atoms with E-state index < -0.39 is 0 Å². The summed E-state index contributed by atoms with van der Waals surface area (Å²) in [5.74, 6) is 1.98. The van der Waals surface area contributed by atoms with Gasteiger partial charge in [0, 0.05) is 47.4 Å². The van der Waals surface area contributed by atoms with Crippen LogP contribution in [0.2, 0.25) is 0 Å². The van der Waals surface area contributed by atoms with Gasteiger partial charge in [-0.3, -0.25) is 0 Å². The van der Waals surface area contributed by atoms with Crippen molar-refractivity contribution in [3.05, 3.63) is 59.9 Å². The second-order valence-corrected chi connectivity index (χ2v) is 19.4. The maximum absolute atomic E-state index is 15.0. The predicted molar refractivity (Wildman–Crippen MR) is 257 cm³/mol. The van der Waals surface area contributed by atoms with Gasteiger partial charge in [0.1, 0.15) is 22.6 Å². The van der Waals surface area contributed by atoms with Gasteiger partial charge in [-0.05, 0) is 135 Å². The van der Waals surface area contributed by atoms with Crippen LogP contribution in [-0.2, 0) is 0 Å². The minimum absolute atomic E-state index is 0.0660. The van der Waals surface area contributed by atoms with Crippen LogP contribution < -0.4 is 26.0 Å². The van der Waals surface area contributed by atoms with Crippen molar-refractivity contribution in [3.63, 3.8) is 0 Å². The topological polar surface area (TPSA) is 141 Å². The fourth-order valence-corrected chi connectivity index (χ4v) is 10.2. The smallest absolute Gasteiger partial charge is 0.241 e. The quantitative estimate of drug-likeness (QED) is 0.0477. The van der Waals surface area contributed by atoms with Gasteiger partial charge in [0.15, 0.2) is 0 Å². The maximum Gasteiger partial charge on any atom is 0.241 e. The van der Waals surface area contributed by atoms with E-state index in [0.717, 1.165) is 125 Å². The summed E-state index contributed by atoms with van der Waals surface area (Å²) in [6.45, 7) is 11.0. The molecule has 3 fully saturated rings. The van der Waals surface area contributed by atoms with Crippen molar-refractivity contribution in [2.24, 2.45) is 0 Å². The van der Waals surface area contributed by atoms with Gasteiger partial charge in [-0.1, -0.05) is 52.4 Å². The highest BCUT2D eigenvalue weighted by Crippen LogP contribution is 2.41. The van der Waals surface area contributed by atoms with Crippen LogP contribution in [-0.4, -0.2) is 89.7 Å². The van der Waals surface area contributed by atoms with Gasteiger partial charge in [0.2, 0.25) is 11.9 Å². The zero-order chi connectivity index (χ0) is 44.6. The Morgan fingerprint density at radius 2 is 1.25 bits per heavy atom. The highest BCUT2D eigenvalue weighted by Gasteiger charge is 2.30. The summed E-state index contributed by atoms with van der Waals surface area (Å²) < 4.78 is 25.9. The van der Waals surface area contributed by atoms with Crippen molar-refractivity contribution >= 4 is 40.0 Å². The van der Waals surface area contributed by atoms with Gasteiger partial charge in [0.25, 0.3) is 0 Å². The van der Waals surface area contributed by atoms with E-state index in [9.17, 15) is 5.11 Å². The number of hydrogen-bond acceptors (Lipinski definition) is 11. The standard InChI is InChI=1S/C50H74FN11O2/c1-6-8-10-12-33(3)54-49-52-31-46-42(56-38-24-26-60(5)27-25-38)29-44(61(46)58-49)36-16-21-40(22-17-36)64-48-28-37(51)18-23-41(48)57-43-30-45(35-14-19-39(63)20-15-35)62-47(43)32-53-50(59-62)55-34(4)13-11-9-7-2/h18,23,28-36,38-40,56-57,63H,6-17,19-22,24-27H2,1-5H3,(H,54,58)(H,55,59)/t33-,34-,35-,36-,39-,40-/m0/s1. The Labute approximate surface area is 379 Å². The lowest BCUT2D eigenvalue weighted by Crippen LogP contribution is -2.36. The van der Waals surface area contributed by atoms with Crippen molar-refractivity contribution < 1.29 is 14.2 Å². The number of nitrogens with zero attached hydrogens (tertiary/aromatic N) is 7. The van der Waals surface area contributed by atoms with Crippen molar-refractivity contribution in [1.82, 2.24) is 34.1 Å². The lowest BCUT2D eigenvalue weighted by molar-refractivity contribution is 0.121. The van der Waals surface area contributed by atoms with E-state index in [1.165, 1.54) is 49.9 Å². The molecule has 348 valence electrons. The summed E-state index contributed by atoms with van der Waals surface area (Å²) in [5.41, 5.74) is 6.82. The number of hydrogen-bond donors (Lipinski definition) is 5. The normalized spacial score (nSPS) is 22.1. The summed E-state index contributed by atoms with van der Waals surface area (Å²) in [6, 6.07) is 10.2. The SMILES string of the molecule is CCCCC[C@H](C)Nc1ncc2c(Nc3ccc(F)cc3O[C@H]3CC[C@H](c4cc(NC5CCN(C)CC5)c5cnc(N[C@@H](C)CCCCC)nn54)CC3)cc([C@H]3CC[C@H](O)CC3)n2n1. The molecular weight excluding hydrogens is 806 g/mol. The first-order valence-corrected chi connectivity index (χ1v) is 24.8. The van der Waals surface area contributed by atoms with Crippen LogP contribution in [0.1, 0.15) is 166 Å². The Bertz CT molecular complexity index is 2260. The van der Waals surface area contributed by atoms with Crippen molar-refractivity contribution in [2.45, 2.75) is 185 Å². The van der Waals surface area contributed by atoms with Crippen molar-refractivity contribution in [3.8, 4) is 5.75 Å². The molecule has 0 spiro atoms. The molecule has 64 heavy (non-hydrogen) atoms. The number of aliphatic hydroxyl groups is 1. The zero-order valence-corrected chi connectivity index (χ0v) is 39.1. The number of piperidine rings is 1. The number of likely N-dealkylation sites (tertiary alicyclic amines) is 1. The number of aliphatic hydroxyl groups excluding tert-OH is 1. The Morgan fingerprint density at radius 1 is 0.703 bits per heavy atom. The minimum Gasteiger partial charge on any atom is -0.488 e. The molecule has 1 saturated heterocycles. The summed E-state index contributed by atoms with van der Waals surface area (Å²) in [7, 11) is 2.20. The Balaban J connectivity index is 0.990. The Morgan fingerprint density at radius 3 is 1.83 bits per heavy atom. The molecule has 0 radical (unpaired) electrons. The second-order valence-electron chi connectivity index (χ2n) is 19.4. The number of benzene rings is 1. The molecule has 0 bridgehead atoms. The van der Waals surface area contributed by atoms with Gasteiger partial charge in [0.05, 0.1) is 41.7 Å². The average Bonchev–Trinajstić information content (AvgIpc) is 3.83. The third-order valence-corrected chi connectivity index (χ3v) is 14.1. The summed E-state index contributed by atoms with van der Waals surface area (Å²) in [5, 5.41) is 35.1. The van der Waals surface area contributed by atoms with Gasteiger partial charge in [-0.2, -0.15) is 0 Å². The van der Waals surface area contributed by atoms with Crippen molar-refractivity contribution in [2.75, 3.05) is 41.4 Å². The van der Waals surface area contributed by atoms with Gasteiger partial charge < -0.3 is 36.0 Å². The number of rotatable bonds is 20. The van der Waals surface area contributed by atoms with E-state index in [1.54, 1.807) is 6.07 Å². The molecule has 14 heteroatoms. The molecule has 0 unspecified atom stereocenters. The molecule has 2 atom stereocenters. The fraction of sp³-hybridized carbons (Fsp3) is 0.640. The third kappa shape index (κ3) is 11.4. The summed E-state index contributed by atoms with van der Waals surface area (Å²) in [4.78, 5) is 12.0. The van der Waals surface area contributed by atoms with Gasteiger partial charge >= 0.3 is 0 Å². The van der Waals surface area contributed by atoms with E-state index in [4.69, 9.17) is 24.9 Å². The average molecular weight is 880 g/mol. The zero-order valence-electron chi connectivity index (χ0n) is 39.1. The molecule has 5 heterocycles. The first-order valence-electron chi connectivity index (χ1n) is 24.8. The van der Waals surface area contributed by atoms with E-state index in [2.05, 4.69) is 77.6 Å². The van der Waals surface area contributed by atoms with E-state index in [-0.39, 0.29) is 36.0 Å². The molecule has 8 rings (SSSR count). The number of unbranched alkanes of at least 4 members (excludes halogenated alkanes) is 4. The molecule has 3 aliphatic rings. The molecular formula is C50H74FN11O2. The van der Waals surface area contributed by atoms with E-state index in [0.29, 0.717) is 35.3 Å². The van der Waals surface area contributed by atoms with Gasteiger partial charge in [-0.15, -0.1) is 10.2 Å². The lowest BCUT2D eigenvalue weighted by Gasteiger charge is -2.30. The van der Waals surface area contributed by atoms with Crippen LogP contribution >= 0.6 is 0 Å². The number of aromatic nitrogens is 6. The first-order chi connectivity index (χ1) is 31.1. The lowest BCUT2D eigenvalue weighted by atomic mass is 9.85. The summed E-state index contributed by atoms with van der Waals surface area (Å²) in [6.07, 6.45) is 21.9. The Hall–Kier alpha value is -4.69. The van der Waals surface area contributed by atoms with Crippen LogP contribution in [0.3, 0.4) is 0 Å². The number of nitrogens with one attached hydrogen (secondary N) is 4. The Kier molecular flexibility index (Phi) is 15.4. The second kappa shape index (κ2) is 21.5. The van der Waals surface area contributed by atoms with Gasteiger partial charge in [-0.25, -0.2) is 23.4 Å². The predicted octanol–water partition coefficient (Wildman–Crippen LogP) is 11.0. The highest BCUT2D eigenvalue weighted by molar-refractivity contribution is 5.80. The molecule has 5 aromatic rings. The van der Waals surface area contributed by atoms with Crippen LogP contribution in [0.25, 0.3) is 11.0 Å². The first kappa shape index (κ1) is 45.9. The number of halogens is 1. The molecule has 4 aromatic heterocycles. The molecule has 5 N–H and O–H groups in total. The molecule has 1 aromatic carbocycles. The molecule has 2 saturated carbocycles. The van der Waals surface area contributed by atoms with Crippen molar-refractivity contribution in [1.29, 1.82) is 0 Å². The number of ether oxygens (including phenoxy) is 1. The minimum atomic E-state index is -0.336. The maximum atomic E-state index is 15.0. The highest BCUT2D eigenvalue weighted by atomic mass is 19.1. The third-order valence-electron chi connectivity index (χ3n) is 14.1. The molecule has 13 nitrogen and oxygen atoms in total. The molecule has 1 aliphatic heterocycles. The van der Waals surface area contributed by atoms with Crippen LogP contribution in [0.15, 0.2) is 42.7 Å². The largest absolute Gasteiger partial charge is 0.488 e. The van der Waals surface area contributed by atoms with Crippen LogP contribution in [0.5, 0.6) is 5.75 Å². The summed E-state index contributed by atoms with van der Waals surface area (Å²) >= 11 is 0. The monoisotopic (exact) mass is 880 g/mol. The van der Waals surface area contributed by atoms with Crippen LogP contribution in [0.4, 0.5) is 33.3 Å². The number of fused-ring (bicyclic) bond motifs is 2. The number of anilines is 5. The van der Waals surface area contributed by atoms with Crippen LogP contribution in [0, 0.1) is 5.82 Å². The molecule has 2 aliphatic carbocycles. The molecule has 0 amide bonds. The van der Waals surface area contributed by atoms with E-state index in [1.807, 2.05) is 16.9 Å². The fourth-order valence-electron chi connectivity index (χ4n) is 10.2.